The van der Waals surface area contributed by atoms with Crippen LogP contribution in [-0.2, 0) is 11.3 Å². The number of nitrogens with one attached hydrogen (secondary N) is 1. The summed E-state index contributed by atoms with van der Waals surface area (Å²) in [5.41, 5.74) is 8.25. The van der Waals surface area contributed by atoms with Gasteiger partial charge in [0.05, 0.1) is 6.61 Å². The molecule has 3 N–H and O–H groups in total. The molecule has 0 bridgehead atoms. The summed E-state index contributed by atoms with van der Waals surface area (Å²) in [6.07, 6.45) is 5.05. The largest absolute Gasteiger partial charge is 0.382 e. The molecule has 106 valence electrons. The van der Waals surface area contributed by atoms with Crippen LogP contribution >= 0.6 is 15.9 Å². The van der Waals surface area contributed by atoms with Crippen molar-refractivity contribution in [3.63, 3.8) is 0 Å². The lowest BCUT2D eigenvalue weighted by molar-refractivity contribution is 0.184. The number of anilines is 1. The molecule has 2 rings (SSSR count). The van der Waals surface area contributed by atoms with Gasteiger partial charge in [0.15, 0.2) is 0 Å². The van der Waals surface area contributed by atoms with Gasteiger partial charge in [0, 0.05) is 28.9 Å². The second-order valence-electron chi connectivity index (χ2n) is 5.23. The van der Waals surface area contributed by atoms with E-state index in [4.69, 9.17) is 10.5 Å². The molecule has 2 atom stereocenters. The molecular formula is C15H23BrN2O. The minimum absolute atomic E-state index is 0.489. The maximum absolute atomic E-state index is 5.90. The van der Waals surface area contributed by atoms with E-state index in [9.17, 15) is 0 Å². The maximum atomic E-state index is 5.90. The van der Waals surface area contributed by atoms with Gasteiger partial charge in [-0.05, 0) is 37.4 Å². The average molecular weight is 327 g/mol. The van der Waals surface area contributed by atoms with Gasteiger partial charge in [-0.3, -0.25) is 0 Å². The van der Waals surface area contributed by atoms with Crippen molar-refractivity contribution >= 4 is 21.6 Å². The fourth-order valence-corrected chi connectivity index (χ4v) is 3.35. The van der Waals surface area contributed by atoms with Crippen LogP contribution in [0.3, 0.4) is 0 Å². The van der Waals surface area contributed by atoms with Crippen molar-refractivity contribution < 1.29 is 4.74 Å². The summed E-state index contributed by atoms with van der Waals surface area (Å²) in [7, 11) is 1.73. The SMILES string of the molecule is COCc1c(Br)cccc1NC1CCCCC1CN. The van der Waals surface area contributed by atoms with E-state index in [-0.39, 0.29) is 0 Å². The van der Waals surface area contributed by atoms with Crippen LogP contribution in [0.1, 0.15) is 31.2 Å². The minimum atomic E-state index is 0.489. The Morgan fingerprint density at radius 2 is 2.16 bits per heavy atom. The van der Waals surface area contributed by atoms with Gasteiger partial charge < -0.3 is 15.8 Å². The Bertz CT molecular complexity index is 411. The van der Waals surface area contributed by atoms with Gasteiger partial charge in [0.1, 0.15) is 0 Å². The zero-order valence-corrected chi connectivity index (χ0v) is 13.1. The molecule has 0 spiro atoms. The molecule has 0 saturated heterocycles. The first-order chi connectivity index (χ1) is 9.26. The van der Waals surface area contributed by atoms with Crippen molar-refractivity contribution in [2.75, 3.05) is 19.0 Å². The van der Waals surface area contributed by atoms with Crippen LogP contribution < -0.4 is 11.1 Å². The van der Waals surface area contributed by atoms with Crippen LogP contribution in [0, 0.1) is 5.92 Å². The highest BCUT2D eigenvalue weighted by molar-refractivity contribution is 9.10. The second-order valence-corrected chi connectivity index (χ2v) is 6.08. The van der Waals surface area contributed by atoms with Crippen LogP contribution in [0.25, 0.3) is 0 Å². The van der Waals surface area contributed by atoms with Gasteiger partial charge in [-0.25, -0.2) is 0 Å². The van der Waals surface area contributed by atoms with Crippen molar-refractivity contribution in [2.45, 2.75) is 38.3 Å². The quantitative estimate of drug-likeness (QED) is 0.870. The first-order valence-electron chi connectivity index (χ1n) is 6.99. The lowest BCUT2D eigenvalue weighted by atomic mass is 9.84. The number of ether oxygens (including phenoxy) is 1. The van der Waals surface area contributed by atoms with Crippen LogP contribution in [0.2, 0.25) is 0 Å². The Morgan fingerprint density at radius 1 is 1.37 bits per heavy atom. The summed E-state index contributed by atoms with van der Waals surface area (Å²) in [6, 6.07) is 6.73. The standard InChI is InChI=1S/C15H23BrN2O/c1-19-10-12-13(16)6-4-8-15(12)18-14-7-3-2-5-11(14)9-17/h4,6,8,11,14,18H,2-3,5,7,9-10,17H2,1H3. The number of rotatable bonds is 5. The molecule has 1 aromatic carbocycles. The third-order valence-corrected chi connectivity index (χ3v) is 4.70. The van der Waals surface area contributed by atoms with E-state index in [0.717, 1.165) is 11.0 Å². The molecule has 0 aromatic heterocycles. The van der Waals surface area contributed by atoms with Crippen molar-refractivity contribution in [3.8, 4) is 0 Å². The third-order valence-electron chi connectivity index (χ3n) is 3.96. The Balaban J connectivity index is 2.15. The normalized spacial score (nSPS) is 23.3. The van der Waals surface area contributed by atoms with Gasteiger partial charge in [-0.2, -0.15) is 0 Å². The first-order valence-corrected chi connectivity index (χ1v) is 7.78. The van der Waals surface area contributed by atoms with Gasteiger partial charge in [0.2, 0.25) is 0 Å². The third kappa shape index (κ3) is 3.71. The number of methoxy groups -OCH3 is 1. The van der Waals surface area contributed by atoms with Crippen LogP contribution in [0.5, 0.6) is 0 Å². The smallest absolute Gasteiger partial charge is 0.0744 e. The highest BCUT2D eigenvalue weighted by Gasteiger charge is 2.24. The lowest BCUT2D eigenvalue weighted by Crippen LogP contribution is -2.37. The summed E-state index contributed by atoms with van der Waals surface area (Å²) in [5, 5.41) is 3.69. The predicted molar refractivity (Wildman–Crippen MR) is 83.3 cm³/mol. The molecule has 2 unspecified atom stereocenters. The zero-order chi connectivity index (χ0) is 13.7. The number of nitrogens with two attached hydrogens (primary N) is 1. The monoisotopic (exact) mass is 326 g/mol. The fourth-order valence-electron chi connectivity index (χ4n) is 2.86. The molecule has 0 heterocycles. The molecule has 19 heavy (non-hydrogen) atoms. The Kier molecular flexibility index (Phi) is 5.67. The second kappa shape index (κ2) is 7.27. The molecule has 1 aliphatic carbocycles. The molecule has 3 nitrogen and oxygen atoms in total. The highest BCUT2D eigenvalue weighted by atomic mass is 79.9. The van der Waals surface area contributed by atoms with E-state index in [1.807, 2.05) is 0 Å². The molecular weight excluding hydrogens is 304 g/mol. The number of halogens is 1. The van der Waals surface area contributed by atoms with E-state index in [1.54, 1.807) is 7.11 Å². The molecule has 1 aromatic rings. The number of hydrogen-bond donors (Lipinski definition) is 2. The zero-order valence-electron chi connectivity index (χ0n) is 11.5. The molecule has 0 aliphatic heterocycles. The predicted octanol–water partition coefficient (Wildman–Crippen LogP) is 3.52. The van der Waals surface area contributed by atoms with E-state index >= 15 is 0 Å². The van der Waals surface area contributed by atoms with E-state index in [0.29, 0.717) is 18.6 Å². The summed E-state index contributed by atoms with van der Waals surface area (Å²) >= 11 is 3.60. The van der Waals surface area contributed by atoms with Crippen molar-refractivity contribution in [1.82, 2.24) is 0 Å². The Labute approximate surface area is 124 Å². The van der Waals surface area contributed by atoms with Gasteiger partial charge in [-0.1, -0.05) is 34.8 Å². The maximum Gasteiger partial charge on any atom is 0.0744 e. The number of hydrogen-bond acceptors (Lipinski definition) is 3. The molecule has 1 saturated carbocycles. The van der Waals surface area contributed by atoms with Crippen molar-refractivity contribution in [1.29, 1.82) is 0 Å². The number of benzene rings is 1. The molecule has 0 radical (unpaired) electrons. The van der Waals surface area contributed by atoms with E-state index < -0.39 is 0 Å². The molecule has 1 fully saturated rings. The molecule has 4 heteroatoms. The van der Waals surface area contributed by atoms with E-state index in [1.165, 1.54) is 36.9 Å². The topological polar surface area (TPSA) is 47.3 Å². The first kappa shape index (κ1) is 14.8. The van der Waals surface area contributed by atoms with Crippen LogP contribution in [-0.4, -0.2) is 19.7 Å². The van der Waals surface area contributed by atoms with Crippen LogP contribution in [0.15, 0.2) is 22.7 Å². The molecule has 0 amide bonds. The van der Waals surface area contributed by atoms with E-state index in [2.05, 4.69) is 39.4 Å². The fraction of sp³-hybridized carbons (Fsp3) is 0.600. The van der Waals surface area contributed by atoms with Crippen LogP contribution in [0.4, 0.5) is 5.69 Å². The van der Waals surface area contributed by atoms with Gasteiger partial charge >= 0.3 is 0 Å². The lowest BCUT2D eigenvalue weighted by Gasteiger charge is -2.32. The summed E-state index contributed by atoms with van der Waals surface area (Å²) < 4.78 is 6.39. The molecule has 1 aliphatic rings. The van der Waals surface area contributed by atoms with Gasteiger partial charge in [0.25, 0.3) is 0 Å². The summed E-state index contributed by atoms with van der Waals surface area (Å²) in [5.74, 6) is 0.586. The van der Waals surface area contributed by atoms with Gasteiger partial charge in [-0.15, -0.1) is 0 Å². The average Bonchev–Trinajstić information content (AvgIpc) is 2.43. The summed E-state index contributed by atoms with van der Waals surface area (Å²) in [6.45, 7) is 1.38. The Hall–Kier alpha value is -0.580. The van der Waals surface area contributed by atoms with Crippen molar-refractivity contribution in [2.24, 2.45) is 11.7 Å². The minimum Gasteiger partial charge on any atom is -0.382 e. The Morgan fingerprint density at radius 3 is 2.89 bits per heavy atom. The van der Waals surface area contributed by atoms with Crippen molar-refractivity contribution in [3.05, 3.63) is 28.2 Å². The summed E-state index contributed by atoms with van der Waals surface area (Å²) in [4.78, 5) is 0. The highest BCUT2D eigenvalue weighted by Crippen LogP contribution is 2.30.